The van der Waals surface area contributed by atoms with Gasteiger partial charge in [0.05, 0.1) is 12.4 Å². The summed E-state index contributed by atoms with van der Waals surface area (Å²) in [5.74, 6) is 0. The monoisotopic (exact) mass is 347 g/mol. The third-order valence-corrected chi connectivity index (χ3v) is 5.12. The first-order chi connectivity index (χ1) is 9.74. The van der Waals surface area contributed by atoms with Crippen molar-refractivity contribution in [3.63, 3.8) is 0 Å². The summed E-state index contributed by atoms with van der Waals surface area (Å²) in [6.07, 6.45) is 5.53. The van der Waals surface area contributed by atoms with E-state index in [1.807, 2.05) is 16.8 Å². The lowest BCUT2D eigenvalue weighted by atomic mass is 10.2. The van der Waals surface area contributed by atoms with Gasteiger partial charge in [0.15, 0.2) is 0 Å². The summed E-state index contributed by atoms with van der Waals surface area (Å²) in [7, 11) is 0. The molecule has 0 aliphatic rings. The zero-order valence-electron chi connectivity index (χ0n) is 11.0. The van der Waals surface area contributed by atoms with E-state index in [2.05, 4.69) is 62.8 Å². The first kappa shape index (κ1) is 13.4. The van der Waals surface area contributed by atoms with Crippen LogP contribution in [0.3, 0.4) is 0 Å². The van der Waals surface area contributed by atoms with E-state index in [0.717, 1.165) is 15.8 Å². The molecular formula is C15H14BrN3S. The molecule has 0 fully saturated rings. The minimum absolute atomic E-state index is 0.266. The van der Waals surface area contributed by atoms with Gasteiger partial charge in [0.25, 0.3) is 0 Å². The van der Waals surface area contributed by atoms with Gasteiger partial charge in [-0.1, -0.05) is 6.07 Å². The summed E-state index contributed by atoms with van der Waals surface area (Å²) in [5, 5.41) is 5.63. The third kappa shape index (κ3) is 2.78. The fraction of sp³-hybridized carbons (Fsp3) is 0.133. The number of hydrogen-bond acceptors (Lipinski definition) is 3. The number of benzene rings is 1. The summed E-state index contributed by atoms with van der Waals surface area (Å²) in [6, 6.07) is 10.7. The SMILES string of the molecule is CC(Nc1cccc(-n2ccnc2)c1)c1sccc1Br. The normalized spacial score (nSPS) is 12.3. The molecule has 3 nitrogen and oxygen atoms in total. The van der Waals surface area contributed by atoms with Crippen LogP contribution in [-0.4, -0.2) is 9.55 Å². The van der Waals surface area contributed by atoms with E-state index in [1.165, 1.54) is 4.88 Å². The van der Waals surface area contributed by atoms with Gasteiger partial charge in [-0.15, -0.1) is 11.3 Å². The highest BCUT2D eigenvalue weighted by molar-refractivity contribution is 9.10. The van der Waals surface area contributed by atoms with Crippen molar-refractivity contribution in [3.05, 3.63) is 63.8 Å². The Morgan fingerprint density at radius 3 is 2.95 bits per heavy atom. The second kappa shape index (κ2) is 5.81. The molecule has 3 aromatic rings. The predicted octanol–water partition coefficient (Wildman–Crippen LogP) is 4.87. The Hall–Kier alpha value is -1.59. The number of nitrogens with zero attached hydrogens (tertiary/aromatic N) is 2. The zero-order chi connectivity index (χ0) is 13.9. The van der Waals surface area contributed by atoms with Crippen molar-refractivity contribution >= 4 is 33.0 Å². The van der Waals surface area contributed by atoms with Gasteiger partial charge in [-0.25, -0.2) is 4.98 Å². The molecule has 1 aromatic carbocycles. The highest BCUT2D eigenvalue weighted by Crippen LogP contribution is 2.31. The average molecular weight is 348 g/mol. The second-order valence-corrected chi connectivity index (χ2v) is 6.32. The minimum atomic E-state index is 0.266. The molecule has 5 heteroatoms. The van der Waals surface area contributed by atoms with E-state index < -0.39 is 0 Å². The number of anilines is 1. The smallest absolute Gasteiger partial charge is 0.0991 e. The summed E-state index contributed by atoms with van der Waals surface area (Å²) >= 11 is 5.34. The topological polar surface area (TPSA) is 29.9 Å². The zero-order valence-corrected chi connectivity index (χ0v) is 13.4. The van der Waals surface area contributed by atoms with Crippen molar-refractivity contribution in [2.75, 3.05) is 5.32 Å². The standard InChI is InChI=1S/C15H14BrN3S/c1-11(15-14(16)5-8-20-15)18-12-3-2-4-13(9-12)19-7-6-17-10-19/h2-11,18H,1H3. The largest absolute Gasteiger partial charge is 0.378 e. The molecule has 0 saturated heterocycles. The van der Waals surface area contributed by atoms with Gasteiger partial charge in [0, 0.05) is 33.1 Å². The maximum Gasteiger partial charge on any atom is 0.0991 e. The lowest BCUT2D eigenvalue weighted by Crippen LogP contribution is -2.05. The molecular weight excluding hydrogens is 334 g/mol. The van der Waals surface area contributed by atoms with Crippen molar-refractivity contribution in [3.8, 4) is 5.69 Å². The number of aromatic nitrogens is 2. The van der Waals surface area contributed by atoms with Crippen LogP contribution in [0.25, 0.3) is 5.69 Å². The summed E-state index contributed by atoms with van der Waals surface area (Å²) < 4.78 is 3.16. The molecule has 20 heavy (non-hydrogen) atoms. The molecule has 1 atom stereocenters. The van der Waals surface area contributed by atoms with E-state index in [4.69, 9.17) is 0 Å². The molecule has 0 spiro atoms. The van der Waals surface area contributed by atoms with Crippen molar-refractivity contribution in [2.45, 2.75) is 13.0 Å². The van der Waals surface area contributed by atoms with E-state index in [0.29, 0.717) is 0 Å². The Labute approximate surface area is 130 Å². The lowest BCUT2D eigenvalue weighted by Gasteiger charge is -2.15. The van der Waals surface area contributed by atoms with Crippen LogP contribution in [0.2, 0.25) is 0 Å². The first-order valence-corrected chi connectivity index (χ1v) is 7.99. The molecule has 0 radical (unpaired) electrons. The van der Waals surface area contributed by atoms with Crippen molar-refractivity contribution < 1.29 is 0 Å². The van der Waals surface area contributed by atoms with Gasteiger partial charge in [0.2, 0.25) is 0 Å². The van der Waals surface area contributed by atoms with Crippen LogP contribution in [0.15, 0.2) is 58.9 Å². The number of rotatable bonds is 4. The van der Waals surface area contributed by atoms with Gasteiger partial charge in [-0.3, -0.25) is 0 Å². The van der Waals surface area contributed by atoms with Crippen LogP contribution < -0.4 is 5.32 Å². The first-order valence-electron chi connectivity index (χ1n) is 6.32. The van der Waals surface area contributed by atoms with Crippen LogP contribution in [0.5, 0.6) is 0 Å². The summed E-state index contributed by atoms with van der Waals surface area (Å²) in [6.45, 7) is 2.17. The highest BCUT2D eigenvalue weighted by atomic mass is 79.9. The Morgan fingerprint density at radius 1 is 1.35 bits per heavy atom. The Balaban J connectivity index is 1.81. The number of hydrogen-bond donors (Lipinski definition) is 1. The molecule has 0 bridgehead atoms. The third-order valence-electron chi connectivity index (χ3n) is 3.07. The Morgan fingerprint density at radius 2 is 2.25 bits per heavy atom. The summed E-state index contributed by atoms with van der Waals surface area (Å²) in [5.41, 5.74) is 2.20. The van der Waals surface area contributed by atoms with Crippen LogP contribution in [-0.2, 0) is 0 Å². The van der Waals surface area contributed by atoms with Crippen molar-refractivity contribution in [1.82, 2.24) is 9.55 Å². The number of thiophene rings is 1. The van der Waals surface area contributed by atoms with Gasteiger partial charge in [-0.05, 0) is 52.5 Å². The van der Waals surface area contributed by atoms with Gasteiger partial charge >= 0.3 is 0 Å². The number of nitrogens with one attached hydrogen (secondary N) is 1. The predicted molar refractivity (Wildman–Crippen MR) is 87.6 cm³/mol. The number of imidazole rings is 1. The van der Waals surface area contributed by atoms with E-state index in [9.17, 15) is 0 Å². The second-order valence-electron chi connectivity index (χ2n) is 4.52. The van der Waals surface area contributed by atoms with Gasteiger partial charge in [-0.2, -0.15) is 0 Å². The molecule has 1 unspecified atom stereocenters. The quantitative estimate of drug-likeness (QED) is 0.729. The maximum atomic E-state index is 4.08. The molecule has 3 rings (SSSR count). The van der Waals surface area contributed by atoms with Crippen LogP contribution in [0.1, 0.15) is 17.8 Å². The van der Waals surface area contributed by atoms with E-state index in [1.54, 1.807) is 23.9 Å². The average Bonchev–Trinajstić information content (AvgIpc) is 3.09. The van der Waals surface area contributed by atoms with E-state index >= 15 is 0 Å². The minimum Gasteiger partial charge on any atom is -0.378 e. The van der Waals surface area contributed by atoms with Crippen LogP contribution in [0, 0.1) is 0 Å². The Bertz CT molecular complexity index is 691. The molecule has 0 aliphatic carbocycles. The van der Waals surface area contributed by atoms with Crippen LogP contribution >= 0.6 is 27.3 Å². The van der Waals surface area contributed by atoms with Gasteiger partial charge in [0.1, 0.15) is 0 Å². The van der Waals surface area contributed by atoms with Crippen LogP contribution in [0.4, 0.5) is 5.69 Å². The fourth-order valence-electron chi connectivity index (χ4n) is 2.10. The molecule has 1 N–H and O–H groups in total. The highest BCUT2D eigenvalue weighted by Gasteiger charge is 2.10. The summed E-state index contributed by atoms with van der Waals surface area (Å²) in [4.78, 5) is 5.38. The molecule has 0 saturated carbocycles. The molecule has 0 amide bonds. The molecule has 0 aliphatic heterocycles. The lowest BCUT2D eigenvalue weighted by molar-refractivity contribution is 0.902. The fourth-order valence-corrected chi connectivity index (χ4v) is 3.82. The Kier molecular flexibility index (Phi) is 3.89. The van der Waals surface area contributed by atoms with Crippen molar-refractivity contribution in [1.29, 1.82) is 0 Å². The molecule has 102 valence electrons. The van der Waals surface area contributed by atoms with Crippen molar-refractivity contribution in [2.24, 2.45) is 0 Å². The number of halogens is 1. The van der Waals surface area contributed by atoms with E-state index in [-0.39, 0.29) is 6.04 Å². The maximum absolute atomic E-state index is 4.08. The molecule has 2 aromatic heterocycles. The molecule has 2 heterocycles. The van der Waals surface area contributed by atoms with Gasteiger partial charge < -0.3 is 9.88 Å².